The molecule has 0 amide bonds. The van der Waals surface area contributed by atoms with Crippen molar-refractivity contribution in [2.24, 2.45) is 39.5 Å². The minimum absolute atomic E-state index is 0.0329. The van der Waals surface area contributed by atoms with Crippen molar-refractivity contribution in [1.82, 2.24) is 0 Å². The monoisotopic (exact) mass is 743 g/mol. The number of hydrogen-bond acceptors (Lipinski definition) is 12. The van der Waals surface area contributed by atoms with Crippen molar-refractivity contribution in [3.63, 3.8) is 0 Å². The van der Waals surface area contributed by atoms with Gasteiger partial charge in [0.1, 0.15) is 6.61 Å². The molecule has 1 spiro atoms. The first-order valence-electron chi connectivity index (χ1n) is 18.7. The third-order valence-electron chi connectivity index (χ3n) is 14.6. The van der Waals surface area contributed by atoms with E-state index in [1.165, 1.54) is 11.8 Å². The van der Waals surface area contributed by atoms with Gasteiger partial charge in [0, 0.05) is 35.3 Å². The van der Waals surface area contributed by atoms with Gasteiger partial charge in [-0.25, -0.2) is 4.79 Å². The number of rotatable bonds is 5. The Morgan fingerprint density at radius 2 is 1.82 bits per heavy atom. The minimum Gasteiger partial charge on any atom is -0.458 e. The molecule has 1 aromatic carbocycles. The van der Waals surface area contributed by atoms with Gasteiger partial charge in [0.15, 0.2) is 4.87 Å². The van der Waals surface area contributed by atoms with Crippen molar-refractivity contribution < 1.29 is 46.6 Å². The van der Waals surface area contributed by atoms with Crippen LogP contribution in [-0.2, 0) is 38.0 Å². The van der Waals surface area contributed by atoms with Crippen LogP contribution in [0.15, 0.2) is 45.8 Å². The SMILES string of the molecule is Cc1ccc(S(=O)(=O)OC[C@]23C[C@H]4O[C@]5(O)[C@@H](O[C@H](C)C[C@@]56N=CCS6)O[C@@H]4C[C@@H]2CC[C@@H]2[C@@H]3CC[C@]3(C)[C@@H](C4=CC(=O)OC4)CC[C@]23O)cc1. The molecule has 0 radical (unpaired) electrons. The molecule has 278 valence electrons. The smallest absolute Gasteiger partial charge is 0.331 e. The molecule has 0 aromatic heterocycles. The fourth-order valence-electron chi connectivity index (χ4n) is 12.1. The number of aryl methyl sites for hydroxylation is 1. The van der Waals surface area contributed by atoms with Crippen LogP contribution in [0.1, 0.15) is 77.2 Å². The minimum atomic E-state index is -4.10. The summed E-state index contributed by atoms with van der Waals surface area (Å²) in [5, 5.41) is 25.3. The number of aliphatic hydroxyl groups is 2. The first kappa shape index (κ1) is 34.9. The molecule has 9 rings (SSSR count). The Morgan fingerprint density at radius 1 is 1.02 bits per heavy atom. The number of carbonyl (C=O) groups is 1. The largest absolute Gasteiger partial charge is 0.458 e. The Hall–Kier alpha value is -1.84. The predicted octanol–water partition coefficient (Wildman–Crippen LogP) is 4.67. The Kier molecular flexibility index (Phi) is 8.09. The first-order chi connectivity index (χ1) is 24.2. The molecule has 4 aliphatic heterocycles. The van der Waals surface area contributed by atoms with Gasteiger partial charge in [-0.15, -0.1) is 11.8 Å². The number of thioether (sulfide) groups is 1. The molecule has 11 nitrogen and oxygen atoms in total. The van der Waals surface area contributed by atoms with Crippen molar-refractivity contribution in [2.75, 3.05) is 19.0 Å². The van der Waals surface area contributed by atoms with Gasteiger partial charge in [0.05, 0.1) is 35.4 Å². The zero-order valence-electron chi connectivity index (χ0n) is 29.5. The maximum atomic E-state index is 13.8. The molecule has 0 unspecified atom stereocenters. The molecule has 13 heteroatoms. The molecule has 4 saturated carbocycles. The Labute approximate surface area is 304 Å². The molecule has 13 atom stereocenters. The maximum Gasteiger partial charge on any atom is 0.331 e. The number of benzene rings is 1. The summed E-state index contributed by atoms with van der Waals surface area (Å²) < 4.78 is 58.7. The van der Waals surface area contributed by atoms with Crippen molar-refractivity contribution in [1.29, 1.82) is 0 Å². The molecule has 1 aromatic rings. The van der Waals surface area contributed by atoms with Crippen LogP contribution in [-0.4, -0.2) is 90.6 Å². The lowest BCUT2D eigenvalue weighted by molar-refractivity contribution is -0.447. The summed E-state index contributed by atoms with van der Waals surface area (Å²) in [6.07, 6.45) is 7.21. The van der Waals surface area contributed by atoms with Crippen LogP contribution in [0.4, 0.5) is 0 Å². The number of cyclic esters (lactones) is 1. The second-order valence-corrected chi connectivity index (χ2v) is 19.8. The van der Waals surface area contributed by atoms with E-state index < -0.39 is 49.6 Å². The molecular weight excluding hydrogens is 695 g/mol. The summed E-state index contributed by atoms with van der Waals surface area (Å²) in [7, 11) is -4.10. The van der Waals surface area contributed by atoms with Crippen molar-refractivity contribution in [2.45, 2.75) is 124 Å². The molecule has 2 N–H and O–H groups in total. The van der Waals surface area contributed by atoms with E-state index in [1.54, 1.807) is 30.3 Å². The predicted molar refractivity (Wildman–Crippen MR) is 187 cm³/mol. The van der Waals surface area contributed by atoms with E-state index in [4.69, 9.17) is 28.1 Å². The van der Waals surface area contributed by atoms with Crippen LogP contribution in [0.3, 0.4) is 0 Å². The van der Waals surface area contributed by atoms with Crippen LogP contribution in [0.25, 0.3) is 0 Å². The highest BCUT2D eigenvalue weighted by Gasteiger charge is 2.72. The molecule has 4 aliphatic carbocycles. The highest BCUT2D eigenvalue weighted by Crippen LogP contribution is 2.71. The van der Waals surface area contributed by atoms with Gasteiger partial charge in [-0.1, -0.05) is 24.6 Å². The first-order valence-corrected chi connectivity index (χ1v) is 21.1. The molecule has 2 saturated heterocycles. The standard InChI is InChI=1S/C38H49NO10S2/c1-22-4-7-26(8-5-22)51(43,44)46-21-35-19-31-30(48-33-38(42,49-31)37(18-23(2)47-33)39-14-15-50-37)17-25(35)6-9-29-28(35)10-12-34(3)27(11-13-36(29,34)41)24-16-32(40)45-20-24/h4-5,7-8,14,16,23,25,27-31,33,41-42H,6,9-13,15,17-21H2,1-3H3/t23-,25+,27-,28+,29-,30-,31-,33+,34-,35-,36+,37+,38-/m1/s1. The second kappa shape index (κ2) is 11.8. The number of aliphatic imine (C=N–C) groups is 1. The quantitative estimate of drug-likeness (QED) is 0.246. The highest BCUT2D eigenvalue weighted by molar-refractivity contribution is 8.01. The summed E-state index contributed by atoms with van der Waals surface area (Å²) >= 11 is 1.54. The van der Waals surface area contributed by atoms with Gasteiger partial charge in [-0.3, -0.25) is 9.18 Å². The van der Waals surface area contributed by atoms with Crippen LogP contribution in [0, 0.1) is 41.4 Å². The number of fused-ring (bicyclic) bond motifs is 8. The topological polar surface area (TPSA) is 150 Å². The maximum absolute atomic E-state index is 13.8. The van der Waals surface area contributed by atoms with E-state index >= 15 is 0 Å². The summed E-state index contributed by atoms with van der Waals surface area (Å²) in [6.45, 7) is 6.27. The number of nitrogens with zero attached hydrogens (tertiary/aromatic N) is 1. The number of esters is 1. The van der Waals surface area contributed by atoms with Crippen molar-refractivity contribution in [3.8, 4) is 0 Å². The number of ether oxygens (including phenoxy) is 4. The molecule has 0 bridgehead atoms. The van der Waals surface area contributed by atoms with Gasteiger partial charge < -0.3 is 29.2 Å². The summed E-state index contributed by atoms with van der Waals surface area (Å²) in [4.78, 5) is 16.0. The van der Waals surface area contributed by atoms with Crippen molar-refractivity contribution >= 4 is 34.1 Å². The lowest BCUT2D eigenvalue weighted by Crippen LogP contribution is -2.73. The lowest BCUT2D eigenvalue weighted by Gasteiger charge is -2.66. The van der Waals surface area contributed by atoms with Gasteiger partial charge in [0.25, 0.3) is 15.9 Å². The third kappa shape index (κ3) is 5.01. The zero-order chi connectivity index (χ0) is 35.6. The molecule has 6 fully saturated rings. The lowest BCUT2D eigenvalue weighted by atomic mass is 9.42. The van der Waals surface area contributed by atoms with E-state index in [2.05, 4.69) is 6.92 Å². The van der Waals surface area contributed by atoms with Gasteiger partial charge in [-0.05, 0) is 107 Å². The van der Waals surface area contributed by atoms with Crippen LogP contribution in [0.5, 0.6) is 0 Å². The molecule has 4 heterocycles. The van der Waals surface area contributed by atoms with Crippen molar-refractivity contribution in [3.05, 3.63) is 41.5 Å². The van der Waals surface area contributed by atoms with Gasteiger partial charge >= 0.3 is 5.97 Å². The average molecular weight is 744 g/mol. The molecular formula is C38H49NO10S2. The number of carbonyl (C=O) groups excluding carboxylic acids is 1. The third-order valence-corrected chi connectivity index (χ3v) is 17.2. The summed E-state index contributed by atoms with van der Waals surface area (Å²) in [5.41, 5.74) is -0.238. The van der Waals surface area contributed by atoms with Gasteiger partial charge in [-0.2, -0.15) is 8.42 Å². The van der Waals surface area contributed by atoms with Crippen LogP contribution < -0.4 is 0 Å². The zero-order valence-corrected chi connectivity index (χ0v) is 31.1. The Bertz CT molecular complexity index is 1770. The Morgan fingerprint density at radius 3 is 2.55 bits per heavy atom. The van der Waals surface area contributed by atoms with E-state index in [9.17, 15) is 23.4 Å². The Balaban J connectivity index is 1.08. The van der Waals surface area contributed by atoms with E-state index in [0.29, 0.717) is 31.4 Å². The van der Waals surface area contributed by atoms with Gasteiger partial charge in [0.2, 0.25) is 6.29 Å². The highest BCUT2D eigenvalue weighted by atomic mass is 32.2. The normalized spacial score (nSPS) is 48.6. The van der Waals surface area contributed by atoms with Crippen LogP contribution >= 0.6 is 11.8 Å². The average Bonchev–Trinajstić information content (AvgIpc) is 3.81. The summed E-state index contributed by atoms with van der Waals surface area (Å²) in [5.74, 6) is -1.61. The van der Waals surface area contributed by atoms with E-state index in [1.807, 2.05) is 20.1 Å². The fourth-order valence-corrected chi connectivity index (χ4v) is 14.4. The number of hydrogen-bond donors (Lipinski definition) is 2. The van der Waals surface area contributed by atoms with E-state index in [-0.39, 0.29) is 60.0 Å². The van der Waals surface area contributed by atoms with Crippen LogP contribution in [0.2, 0.25) is 0 Å². The molecule has 8 aliphatic rings. The fraction of sp³-hybridized carbons (Fsp3) is 0.737. The molecule has 51 heavy (non-hydrogen) atoms. The van der Waals surface area contributed by atoms with E-state index in [0.717, 1.165) is 43.2 Å². The second-order valence-electron chi connectivity index (χ2n) is 16.9. The summed E-state index contributed by atoms with van der Waals surface area (Å²) in [6, 6.07) is 6.69.